The largest absolute Gasteiger partial charge is 0.494 e. The summed E-state index contributed by atoms with van der Waals surface area (Å²) in [4.78, 5) is 26.0. The molecule has 0 spiro atoms. The van der Waals surface area contributed by atoms with Crippen LogP contribution in [0.25, 0.3) is 16.3 Å². The minimum Gasteiger partial charge on any atom is -0.494 e. The van der Waals surface area contributed by atoms with Crippen molar-refractivity contribution in [2.45, 2.75) is 46.1 Å². The third-order valence-electron chi connectivity index (χ3n) is 6.32. The Labute approximate surface area is 198 Å². The van der Waals surface area contributed by atoms with Crippen LogP contribution in [0.3, 0.4) is 0 Å². The summed E-state index contributed by atoms with van der Waals surface area (Å²) in [6, 6.07) is 3.99. The van der Waals surface area contributed by atoms with Crippen molar-refractivity contribution in [1.82, 2.24) is 14.9 Å². The molecule has 1 aliphatic rings. The molecule has 3 aromatic rings. The summed E-state index contributed by atoms with van der Waals surface area (Å²) in [7, 11) is 3.52. The van der Waals surface area contributed by atoms with E-state index < -0.39 is 0 Å². The Hall–Kier alpha value is -3.13. The first-order valence-electron chi connectivity index (χ1n) is 11.2. The van der Waals surface area contributed by atoms with Gasteiger partial charge in [-0.05, 0) is 57.2 Å². The maximum atomic E-state index is 12.9. The number of hydrogen-bond donors (Lipinski definition) is 2. The van der Waals surface area contributed by atoms with Gasteiger partial charge in [-0.2, -0.15) is 0 Å². The standard InChI is InChI=1S/C25H31N5O2S/c1-6-7-15-10-19(20(32-5)12-18(15)26)29-23-22-17-9-8-16(25(31)30(4)14(2)3)11-21(17)33-24(22)28-13-27-23/h6-7,10,12-14,16H,8-9,11,26H2,1-5H3,(H,27,28,29). The minimum atomic E-state index is 0.0166. The average Bonchev–Trinajstić information content (AvgIpc) is 3.18. The van der Waals surface area contributed by atoms with Gasteiger partial charge in [0.2, 0.25) is 5.91 Å². The molecule has 1 amide bonds. The average molecular weight is 466 g/mol. The molecule has 0 aliphatic heterocycles. The molecule has 174 valence electrons. The van der Waals surface area contributed by atoms with Crippen LogP contribution < -0.4 is 15.8 Å². The number of anilines is 3. The third kappa shape index (κ3) is 4.39. The normalized spacial score (nSPS) is 15.8. The summed E-state index contributed by atoms with van der Waals surface area (Å²) in [6.07, 6.45) is 7.92. The Morgan fingerprint density at radius 2 is 2.15 bits per heavy atom. The van der Waals surface area contributed by atoms with Gasteiger partial charge in [0, 0.05) is 35.6 Å². The lowest BCUT2D eigenvalue weighted by atomic mass is 9.86. The molecule has 7 nitrogen and oxygen atoms in total. The van der Waals surface area contributed by atoms with Crippen LogP contribution >= 0.6 is 11.3 Å². The number of hydrogen-bond acceptors (Lipinski definition) is 7. The number of aromatic nitrogens is 2. The Kier molecular flexibility index (Phi) is 6.56. The van der Waals surface area contributed by atoms with Crippen molar-refractivity contribution in [3.8, 4) is 5.75 Å². The molecule has 1 unspecified atom stereocenters. The molecular formula is C25H31N5O2S. The number of nitrogens with two attached hydrogens (primary N) is 1. The molecule has 0 bridgehead atoms. The minimum absolute atomic E-state index is 0.0166. The zero-order chi connectivity index (χ0) is 23.7. The quantitative estimate of drug-likeness (QED) is 0.496. The summed E-state index contributed by atoms with van der Waals surface area (Å²) < 4.78 is 5.57. The van der Waals surface area contributed by atoms with Crippen molar-refractivity contribution in [2.75, 3.05) is 25.2 Å². The smallest absolute Gasteiger partial charge is 0.226 e. The van der Waals surface area contributed by atoms with Crippen LogP contribution in [0.2, 0.25) is 0 Å². The van der Waals surface area contributed by atoms with Crippen molar-refractivity contribution in [3.05, 3.63) is 40.5 Å². The van der Waals surface area contributed by atoms with Gasteiger partial charge in [0.05, 0.1) is 18.2 Å². The Morgan fingerprint density at radius 3 is 2.85 bits per heavy atom. The molecule has 1 aliphatic carbocycles. The Balaban J connectivity index is 1.70. The van der Waals surface area contributed by atoms with Crippen LogP contribution in [-0.4, -0.2) is 41.0 Å². The van der Waals surface area contributed by atoms with Crippen molar-refractivity contribution in [1.29, 1.82) is 0 Å². The highest BCUT2D eigenvalue weighted by atomic mass is 32.1. The van der Waals surface area contributed by atoms with Crippen LogP contribution in [0.15, 0.2) is 24.5 Å². The number of nitrogens with one attached hydrogen (secondary N) is 1. The second-order valence-corrected chi connectivity index (χ2v) is 9.78. The molecule has 3 N–H and O–H groups in total. The van der Waals surface area contributed by atoms with Crippen LogP contribution in [0, 0.1) is 5.92 Å². The summed E-state index contributed by atoms with van der Waals surface area (Å²) in [5.74, 6) is 1.64. The fraction of sp³-hybridized carbons (Fsp3) is 0.400. The monoisotopic (exact) mass is 465 g/mol. The third-order valence-corrected chi connectivity index (χ3v) is 7.48. The van der Waals surface area contributed by atoms with Crippen molar-refractivity contribution < 1.29 is 9.53 Å². The number of ether oxygens (including phenoxy) is 1. The van der Waals surface area contributed by atoms with Gasteiger partial charge in [0.25, 0.3) is 0 Å². The van der Waals surface area contributed by atoms with Gasteiger partial charge in [-0.1, -0.05) is 12.2 Å². The zero-order valence-corrected chi connectivity index (χ0v) is 20.6. The van der Waals surface area contributed by atoms with Gasteiger partial charge < -0.3 is 20.7 Å². The number of nitrogens with zero attached hydrogens (tertiary/aromatic N) is 3. The molecule has 0 saturated carbocycles. The van der Waals surface area contributed by atoms with Crippen molar-refractivity contribution in [2.24, 2.45) is 5.92 Å². The molecule has 4 rings (SSSR count). The summed E-state index contributed by atoms with van der Waals surface area (Å²) in [5, 5.41) is 4.50. The SMILES string of the molecule is CC=Cc1cc(Nc2ncnc3sc4c(c23)CCC(C(=O)N(C)C(C)C)C4)c(OC)cc1N. The van der Waals surface area contributed by atoms with Crippen LogP contribution in [0.5, 0.6) is 5.75 Å². The summed E-state index contributed by atoms with van der Waals surface area (Å²) >= 11 is 1.67. The number of nitrogen functional groups attached to an aromatic ring is 1. The number of benzene rings is 1. The predicted octanol–water partition coefficient (Wildman–Crippen LogP) is 5.03. The molecule has 2 aromatic heterocycles. The van der Waals surface area contributed by atoms with E-state index in [1.54, 1.807) is 24.8 Å². The molecule has 0 fully saturated rings. The van der Waals surface area contributed by atoms with Crippen molar-refractivity contribution >= 4 is 50.7 Å². The number of fused-ring (bicyclic) bond motifs is 3. The van der Waals surface area contributed by atoms with Crippen molar-refractivity contribution in [3.63, 3.8) is 0 Å². The molecule has 0 saturated heterocycles. The number of allylic oxidation sites excluding steroid dienone is 1. The van der Waals surface area contributed by atoms with E-state index in [0.29, 0.717) is 11.4 Å². The number of amides is 1. The Bertz CT molecular complexity index is 1220. The number of rotatable bonds is 6. The van der Waals surface area contributed by atoms with E-state index in [4.69, 9.17) is 10.5 Å². The topological polar surface area (TPSA) is 93.4 Å². The lowest BCUT2D eigenvalue weighted by molar-refractivity contribution is -0.136. The van der Waals surface area contributed by atoms with Gasteiger partial charge in [0.15, 0.2) is 0 Å². The Morgan fingerprint density at radius 1 is 1.36 bits per heavy atom. The summed E-state index contributed by atoms with van der Waals surface area (Å²) in [5.41, 5.74) is 9.78. The van der Waals surface area contributed by atoms with Crippen LogP contribution in [-0.2, 0) is 17.6 Å². The zero-order valence-electron chi connectivity index (χ0n) is 19.8. The molecule has 33 heavy (non-hydrogen) atoms. The number of methoxy groups -OCH3 is 1. The fourth-order valence-electron chi connectivity index (χ4n) is 4.29. The van der Waals surface area contributed by atoms with E-state index in [9.17, 15) is 4.79 Å². The van der Waals surface area contributed by atoms with E-state index in [-0.39, 0.29) is 17.9 Å². The van der Waals surface area contributed by atoms with E-state index >= 15 is 0 Å². The van der Waals surface area contributed by atoms with Gasteiger partial charge in [-0.25, -0.2) is 9.97 Å². The van der Waals surface area contributed by atoms with Crippen LogP contribution in [0.4, 0.5) is 17.2 Å². The second kappa shape index (κ2) is 9.39. The highest BCUT2D eigenvalue weighted by Gasteiger charge is 2.31. The highest BCUT2D eigenvalue weighted by molar-refractivity contribution is 7.19. The number of carbonyl (C=O) groups excluding carboxylic acids is 1. The molecular weight excluding hydrogens is 434 g/mol. The highest BCUT2D eigenvalue weighted by Crippen LogP contribution is 2.42. The molecule has 2 heterocycles. The molecule has 0 radical (unpaired) electrons. The fourth-order valence-corrected chi connectivity index (χ4v) is 5.56. The number of carbonyl (C=O) groups is 1. The van der Waals surface area contributed by atoms with E-state index in [1.807, 2.05) is 57.0 Å². The van der Waals surface area contributed by atoms with Gasteiger partial charge in [-0.3, -0.25) is 4.79 Å². The predicted molar refractivity (Wildman–Crippen MR) is 136 cm³/mol. The summed E-state index contributed by atoms with van der Waals surface area (Å²) in [6.45, 7) is 6.05. The number of aryl methyl sites for hydroxylation is 1. The first-order valence-corrected chi connectivity index (χ1v) is 12.0. The van der Waals surface area contributed by atoms with Gasteiger partial charge in [0.1, 0.15) is 22.7 Å². The van der Waals surface area contributed by atoms with Crippen LogP contribution in [0.1, 0.15) is 43.2 Å². The first kappa shape index (κ1) is 23.0. The lowest BCUT2D eigenvalue weighted by Crippen LogP contribution is -2.39. The molecule has 8 heteroatoms. The maximum Gasteiger partial charge on any atom is 0.226 e. The van der Waals surface area contributed by atoms with Gasteiger partial charge in [-0.15, -0.1) is 11.3 Å². The van der Waals surface area contributed by atoms with E-state index in [0.717, 1.165) is 46.5 Å². The molecule has 1 aromatic carbocycles. The van der Waals surface area contributed by atoms with Gasteiger partial charge >= 0.3 is 0 Å². The molecule has 1 atom stereocenters. The van der Waals surface area contributed by atoms with E-state index in [1.165, 1.54) is 10.4 Å². The number of thiophene rings is 1. The lowest BCUT2D eigenvalue weighted by Gasteiger charge is -2.29. The second-order valence-electron chi connectivity index (χ2n) is 8.70. The first-order chi connectivity index (χ1) is 15.8. The van der Waals surface area contributed by atoms with E-state index in [2.05, 4.69) is 15.3 Å². The maximum absolute atomic E-state index is 12.9.